The molecule has 0 bridgehead atoms. The molecule has 0 aliphatic carbocycles. The van der Waals surface area contributed by atoms with Crippen molar-refractivity contribution in [1.82, 2.24) is 5.32 Å². The summed E-state index contributed by atoms with van der Waals surface area (Å²) in [6.07, 6.45) is 0.732. The molecule has 2 heterocycles. The van der Waals surface area contributed by atoms with Crippen LogP contribution in [0.15, 0.2) is 11.4 Å². The average Bonchev–Trinajstić information content (AvgIpc) is 2.85. The largest absolute Gasteiger partial charge is 0.386 e. The van der Waals surface area contributed by atoms with Crippen LogP contribution in [0.5, 0.6) is 0 Å². The van der Waals surface area contributed by atoms with E-state index in [1.165, 1.54) is 10.4 Å². The van der Waals surface area contributed by atoms with Crippen LogP contribution in [0.3, 0.4) is 0 Å². The number of ether oxygens (including phenoxy) is 1. The van der Waals surface area contributed by atoms with Crippen LogP contribution in [-0.2, 0) is 4.74 Å². The molecule has 1 saturated heterocycles. The maximum absolute atomic E-state index is 10.1. The van der Waals surface area contributed by atoms with Gasteiger partial charge in [0.15, 0.2) is 0 Å². The fourth-order valence-corrected chi connectivity index (χ4v) is 2.96. The molecule has 90 valence electrons. The van der Waals surface area contributed by atoms with Gasteiger partial charge in [-0.1, -0.05) is 0 Å². The molecule has 1 fully saturated rings. The zero-order chi connectivity index (χ0) is 11.6. The molecule has 16 heavy (non-hydrogen) atoms. The Morgan fingerprint density at radius 2 is 2.50 bits per heavy atom. The lowest BCUT2D eigenvalue weighted by Crippen LogP contribution is -2.41. The number of nitrogens with one attached hydrogen (secondary N) is 1. The van der Waals surface area contributed by atoms with Crippen LogP contribution in [0.25, 0.3) is 0 Å². The first kappa shape index (κ1) is 12.0. The predicted octanol–water partition coefficient (Wildman–Crippen LogP) is 1.86. The van der Waals surface area contributed by atoms with Gasteiger partial charge < -0.3 is 15.2 Å². The van der Waals surface area contributed by atoms with Crippen LogP contribution < -0.4 is 5.32 Å². The van der Waals surface area contributed by atoms with Crippen LogP contribution in [0.1, 0.15) is 29.8 Å². The number of hydrogen-bond donors (Lipinski definition) is 2. The van der Waals surface area contributed by atoms with Gasteiger partial charge in [-0.15, -0.1) is 11.3 Å². The highest BCUT2D eigenvalue weighted by molar-refractivity contribution is 7.10. The smallest absolute Gasteiger partial charge is 0.103 e. The number of aliphatic hydroxyl groups is 1. The van der Waals surface area contributed by atoms with Crippen LogP contribution in [-0.4, -0.2) is 30.5 Å². The van der Waals surface area contributed by atoms with Crippen LogP contribution in [0.4, 0.5) is 0 Å². The van der Waals surface area contributed by atoms with Gasteiger partial charge in [-0.2, -0.15) is 0 Å². The van der Waals surface area contributed by atoms with Gasteiger partial charge in [0.05, 0.1) is 6.61 Å². The van der Waals surface area contributed by atoms with Crippen molar-refractivity contribution in [3.05, 3.63) is 21.9 Å². The quantitative estimate of drug-likeness (QED) is 0.845. The molecule has 0 radical (unpaired) electrons. The number of hydrogen-bond acceptors (Lipinski definition) is 4. The zero-order valence-electron chi connectivity index (χ0n) is 9.82. The van der Waals surface area contributed by atoms with E-state index in [-0.39, 0.29) is 0 Å². The van der Waals surface area contributed by atoms with E-state index in [0.29, 0.717) is 25.8 Å². The van der Waals surface area contributed by atoms with Gasteiger partial charge in [0, 0.05) is 30.5 Å². The summed E-state index contributed by atoms with van der Waals surface area (Å²) in [5, 5.41) is 15.6. The number of aryl methyl sites for hydroxylation is 1. The van der Waals surface area contributed by atoms with Crippen LogP contribution in [0.2, 0.25) is 0 Å². The topological polar surface area (TPSA) is 41.5 Å². The highest BCUT2D eigenvalue weighted by Crippen LogP contribution is 2.24. The summed E-state index contributed by atoms with van der Waals surface area (Å²) < 4.78 is 5.22. The van der Waals surface area contributed by atoms with Crippen LogP contribution >= 0.6 is 11.3 Å². The third-order valence-electron chi connectivity index (χ3n) is 3.11. The van der Waals surface area contributed by atoms with Crippen LogP contribution in [0, 0.1) is 6.92 Å². The van der Waals surface area contributed by atoms with Crippen molar-refractivity contribution in [2.24, 2.45) is 0 Å². The van der Waals surface area contributed by atoms with Gasteiger partial charge in [-0.05, 0) is 30.9 Å². The molecule has 1 aromatic heterocycles. The van der Waals surface area contributed by atoms with E-state index in [2.05, 4.69) is 30.6 Å². The van der Waals surface area contributed by atoms with Gasteiger partial charge in [-0.3, -0.25) is 0 Å². The zero-order valence-corrected chi connectivity index (χ0v) is 10.6. The number of rotatable bonds is 4. The molecule has 2 N–H and O–H groups in total. The second kappa shape index (κ2) is 4.84. The lowest BCUT2D eigenvalue weighted by atomic mass is 10.0. The van der Waals surface area contributed by atoms with E-state index in [4.69, 9.17) is 4.74 Å². The standard InChI is InChI=1S/C12H19NO2S/c1-9-3-6-16-11(9)10(2)13-7-12(14)4-5-15-8-12/h3,6,10,13-14H,4-5,7-8H2,1-2H3/t10-,12+/m0/s1. The fourth-order valence-electron chi connectivity index (χ4n) is 2.00. The van der Waals surface area contributed by atoms with Gasteiger partial charge >= 0.3 is 0 Å². The molecule has 4 heteroatoms. The van der Waals surface area contributed by atoms with Gasteiger partial charge in [0.1, 0.15) is 5.60 Å². The van der Waals surface area contributed by atoms with E-state index < -0.39 is 5.60 Å². The monoisotopic (exact) mass is 241 g/mol. The molecule has 0 amide bonds. The Morgan fingerprint density at radius 3 is 3.06 bits per heavy atom. The Labute approximate surface area is 100 Å². The predicted molar refractivity (Wildman–Crippen MR) is 65.9 cm³/mol. The fraction of sp³-hybridized carbons (Fsp3) is 0.667. The molecule has 0 unspecified atom stereocenters. The van der Waals surface area contributed by atoms with Crippen molar-refractivity contribution < 1.29 is 9.84 Å². The molecule has 1 aromatic rings. The summed E-state index contributed by atoms with van der Waals surface area (Å²) in [4.78, 5) is 1.35. The van der Waals surface area contributed by atoms with Crippen molar-refractivity contribution in [1.29, 1.82) is 0 Å². The third kappa shape index (κ3) is 2.63. The second-order valence-electron chi connectivity index (χ2n) is 4.60. The molecule has 1 aliphatic rings. The second-order valence-corrected chi connectivity index (χ2v) is 5.55. The Kier molecular flexibility index (Phi) is 3.64. The normalized spacial score (nSPS) is 27.2. The first-order valence-electron chi connectivity index (χ1n) is 5.68. The van der Waals surface area contributed by atoms with E-state index in [1.54, 1.807) is 11.3 Å². The molecule has 1 aliphatic heterocycles. The Balaban J connectivity index is 1.88. The lowest BCUT2D eigenvalue weighted by Gasteiger charge is -2.23. The highest BCUT2D eigenvalue weighted by Gasteiger charge is 2.32. The summed E-state index contributed by atoms with van der Waals surface area (Å²) in [6.45, 7) is 5.99. The minimum Gasteiger partial charge on any atom is -0.386 e. The molecule has 0 saturated carbocycles. The van der Waals surface area contributed by atoms with Crippen molar-refractivity contribution in [2.45, 2.75) is 31.9 Å². The maximum atomic E-state index is 10.1. The summed E-state index contributed by atoms with van der Waals surface area (Å²) in [7, 11) is 0. The molecular weight excluding hydrogens is 222 g/mol. The van der Waals surface area contributed by atoms with Crippen molar-refractivity contribution in [3.8, 4) is 0 Å². The van der Waals surface area contributed by atoms with Gasteiger partial charge in [-0.25, -0.2) is 0 Å². The Bertz CT molecular complexity index is 345. The van der Waals surface area contributed by atoms with E-state index in [1.807, 2.05) is 0 Å². The minimum absolute atomic E-state index is 0.296. The molecule has 2 atom stereocenters. The van der Waals surface area contributed by atoms with E-state index in [9.17, 15) is 5.11 Å². The Hall–Kier alpha value is -0.420. The lowest BCUT2D eigenvalue weighted by molar-refractivity contribution is 0.0252. The summed E-state index contributed by atoms with van der Waals surface area (Å²) in [6, 6.07) is 2.43. The SMILES string of the molecule is Cc1ccsc1[C@H](C)NC[C@]1(O)CCOC1. The first-order valence-corrected chi connectivity index (χ1v) is 6.56. The van der Waals surface area contributed by atoms with E-state index >= 15 is 0 Å². The van der Waals surface area contributed by atoms with Crippen molar-refractivity contribution in [2.75, 3.05) is 19.8 Å². The summed E-state index contributed by atoms with van der Waals surface area (Å²) in [5.41, 5.74) is 0.652. The average molecular weight is 241 g/mol. The maximum Gasteiger partial charge on any atom is 0.103 e. The summed E-state index contributed by atoms with van der Waals surface area (Å²) in [5.74, 6) is 0. The minimum atomic E-state index is -0.667. The third-order valence-corrected chi connectivity index (χ3v) is 4.32. The molecule has 0 aromatic carbocycles. The van der Waals surface area contributed by atoms with Gasteiger partial charge in [0.2, 0.25) is 0 Å². The van der Waals surface area contributed by atoms with Crippen molar-refractivity contribution in [3.63, 3.8) is 0 Å². The van der Waals surface area contributed by atoms with E-state index in [0.717, 1.165) is 6.42 Å². The molecular formula is C12H19NO2S. The highest BCUT2D eigenvalue weighted by atomic mass is 32.1. The van der Waals surface area contributed by atoms with Gasteiger partial charge in [0.25, 0.3) is 0 Å². The number of thiophene rings is 1. The molecule has 0 spiro atoms. The molecule has 3 nitrogen and oxygen atoms in total. The Morgan fingerprint density at radius 1 is 1.69 bits per heavy atom. The summed E-state index contributed by atoms with van der Waals surface area (Å²) >= 11 is 1.76. The first-order chi connectivity index (χ1) is 7.61. The molecule has 2 rings (SSSR count). The van der Waals surface area contributed by atoms with Crippen molar-refractivity contribution >= 4 is 11.3 Å².